The maximum Gasteiger partial charge on any atom is 0.274 e. The van der Waals surface area contributed by atoms with E-state index in [1.807, 2.05) is 37.3 Å². The molecule has 0 fully saturated rings. The van der Waals surface area contributed by atoms with Gasteiger partial charge in [0, 0.05) is 25.0 Å². The Balaban J connectivity index is 2.24. The Kier molecular flexibility index (Phi) is 5.57. The van der Waals surface area contributed by atoms with Gasteiger partial charge in [-0.1, -0.05) is 6.07 Å². The standard InChI is InChI=1S/C18H23N3O2/c1-5-21(6-2)14-9-10-19-16(12-14)18(22)20-15-11-13(3)7-8-17(15)23-4/h7-12H,5-6H2,1-4H3,(H,20,22). The van der Waals surface area contributed by atoms with E-state index in [9.17, 15) is 4.79 Å². The predicted molar refractivity (Wildman–Crippen MR) is 93.5 cm³/mol. The molecule has 0 aliphatic heterocycles. The number of aromatic nitrogens is 1. The fraction of sp³-hybridized carbons (Fsp3) is 0.333. The van der Waals surface area contributed by atoms with Crippen LogP contribution in [0.3, 0.4) is 0 Å². The van der Waals surface area contributed by atoms with Crippen LogP contribution >= 0.6 is 0 Å². The molecule has 1 N–H and O–H groups in total. The van der Waals surface area contributed by atoms with Crippen LogP contribution in [0, 0.1) is 6.92 Å². The van der Waals surface area contributed by atoms with E-state index in [0.717, 1.165) is 24.3 Å². The normalized spacial score (nSPS) is 10.3. The number of aryl methyl sites for hydroxylation is 1. The first kappa shape index (κ1) is 16.8. The number of rotatable bonds is 6. The molecule has 122 valence electrons. The topological polar surface area (TPSA) is 54.5 Å². The maximum atomic E-state index is 12.5. The molecular weight excluding hydrogens is 290 g/mol. The summed E-state index contributed by atoms with van der Waals surface area (Å²) in [5.41, 5.74) is 3.07. The van der Waals surface area contributed by atoms with Crippen LogP contribution in [0.15, 0.2) is 36.5 Å². The largest absolute Gasteiger partial charge is 0.495 e. The molecule has 0 atom stereocenters. The van der Waals surface area contributed by atoms with Crippen LogP contribution in [-0.2, 0) is 0 Å². The molecule has 1 aromatic heterocycles. The second-order valence-electron chi connectivity index (χ2n) is 5.23. The molecule has 1 aromatic carbocycles. The number of carbonyl (C=O) groups excluding carboxylic acids is 1. The van der Waals surface area contributed by atoms with Crippen molar-refractivity contribution < 1.29 is 9.53 Å². The third-order valence-electron chi connectivity index (χ3n) is 3.71. The minimum Gasteiger partial charge on any atom is -0.495 e. The van der Waals surface area contributed by atoms with Gasteiger partial charge < -0.3 is 15.0 Å². The maximum absolute atomic E-state index is 12.5. The van der Waals surface area contributed by atoms with E-state index in [-0.39, 0.29) is 5.91 Å². The SMILES string of the molecule is CCN(CC)c1ccnc(C(=O)Nc2cc(C)ccc2OC)c1. The lowest BCUT2D eigenvalue weighted by atomic mass is 10.2. The Morgan fingerprint density at radius 1 is 1.22 bits per heavy atom. The highest BCUT2D eigenvalue weighted by atomic mass is 16.5. The van der Waals surface area contributed by atoms with Crippen molar-refractivity contribution in [2.24, 2.45) is 0 Å². The Labute approximate surface area is 137 Å². The number of anilines is 2. The van der Waals surface area contributed by atoms with Gasteiger partial charge in [-0.05, 0) is 50.6 Å². The van der Waals surface area contributed by atoms with E-state index in [0.29, 0.717) is 17.1 Å². The van der Waals surface area contributed by atoms with Crippen LogP contribution in [0.2, 0.25) is 0 Å². The molecule has 2 aromatic rings. The molecule has 0 bridgehead atoms. The number of amides is 1. The fourth-order valence-corrected chi connectivity index (χ4v) is 2.43. The number of ether oxygens (including phenoxy) is 1. The highest BCUT2D eigenvalue weighted by Gasteiger charge is 2.13. The summed E-state index contributed by atoms with van der Waals surface area (Å²) in [7, 11) is 1.58. The van der Waals surface area contributed by atoms with E-state index in [1.165, 1.54) is 0 Å². The zero-order valence-electron chi connectivity index (χ0n) is 14.1. The van der Waals surface area contributed by atoms with Gasteiger partial charge in [-0.2, -0.15) is 0 Å². The van der Waals surface area contributed by atoms with Gasteiger partial charge in [0.2, 0.25) is 0 Å². The predicted octanol–water partition coefficient (Wildman–Crippen LogP) is 3.50. The van der Waals surface area contributed by atoms with Gasteiger partial charge in [0.1, 0.15) is 11.4 Å². The highest BCUT2D eigenvalue weighted by molar-refractivity contribution is 6.04. The van der Waals surface area contributed by atoms with Crippen molar-refractivity contribution in [2.45, 2.75) is 20.8 Å². The van der Waals surface area contributed by atoms with E-state index in [2.05, 4.69) is 29.0 Å². The molecule has 5 nitrogen and oxygen atoms in total. The summed E-state index contributed by atoms with van der Waals surface area (Å²) in [5.74, 6) is 0.381. The number of hydrogen-bond acceptors (Lipinski definition) is 4. The molecule has 23 heavy (non-hydrogen) atoms. The highest BCUT2D eigenvalue weighted by Crippen LogP contribution is 2.26. The summed E-state index contributed by atoms with van der Waals surface area (Å²) in [5, 5.41) is 2.88. The lowest BCUT2D eigenvalue weighted by molar-refractivity contribution is 0.102. The molecule has 0 radical (unpaired) electrons. The summed E-state index contributed by atoms with van der Waals surface area (Å²) in [6.07, 6.45) is 1.66. The minimum atomic E-state index is -0.247. The molecule has 0 spiro atoms. The number of carbonyl (C=O) groups is 1. The molecule has 0 unspecified atom stereocenters. The average Bonchev–Trinajstić information content (AvgIpc) is 2.56. The Bertz CT molecular complexity index is 682. The third kappa shape index (κ3) is 4.00. The number of nitrogens with one attached hydrogen (secondary N) is 1. The van der Waals surface area contributed by atoms with Crippen molar-refractivity contribution in [2.75, 3.05) is 30.4 Å². The number of methoxy groups -OCH3 is 1. The minimum absolute atomic E-state index is 0.247. The van der Waals surface area contributed by atoms with Gasteiger partial charge in [0.15, 0.2) is 0 Å². The average molecular weight is 313 g/mol. The van der Waals surface area contributed by atoms with Crippen molar-refractivity contribution in [3.8, 4) is 5.75 Å². The molecule has 2 rings (SSSR count). The Hall–Kier alpha value is -2.56. The Morgan fingerprint density at radius 2 is 1.96 bits per heavy atom. The van der Waals surface area contributed by atoms with Gasteiger partial charge in [0.25, 0.3) is 5.91 Å². The van der Waals surface area contributed by atoms with Gasteiger partial charge in [-0.3, -0.25) is 9.78 Å². The van der Waals surface area contributed by atoms with Gasteiger partial charge in [-0.25, -0.2) is 0 Å². The zero-order valence-corrected chi connectivity index (χ0v) is 14.1. The van der Waals surface area contributed by atoms with Crippen LogP contribution < -0.4 is 15.0 Å². The van der Waals surface area contributed by atoms with Crippen molar-refractivity contribution in [3.05, 3.63) is 47.8 Å². The van der Waals surface area contributed by atoms with Crippen LogP contribution in [0.5, 0.6) is 5.75 Å². The number of nitrogens with zero attached hydrogens (tertiary/aromatic N) is 2. The van der Waals surface area contributed by atoms with Crippen LogP contribution in [-0.4, -0.2) is 31.1 Å². The van der Waals surface area contributed by atoms with Gasteiger partial charge in [0.05, 0.1) is 12.8 Å². The fourth-order valence-electron chi connectivity index (χ4n) is 2.43. The third-order valence-corrected chi connectivity index (χ3v) is 3.71. The summed E-state index contributed by atoms with van der Waals surface area (Å²) in [6, 6.07) is 9.38. The van der Waals surface area contributed by atoms with Crippen LogP contribution in [0.25, 0.3) is 0 Å². The van der Waals surface area contributed by atoms with E-state index >= 15 is 0 Å². The summed E-state index contributed by atoms with van der Waals surface area (Å²) in [6.45, 7) is 7.90. The van der Waals surface area contributed by atoms with Crippen molar-refractivity contribution in [1.82, 2.24) is 4.98 Å². The Morgan fingerprint density at radius 3 is 2.61 bits per heavy atom. The van der Waals surface area contributed by atoms with Gasteiger partial charge >= 0.3 is 0 Å². The quantitative estimate of drug-likeness (QED) is 0.887. The number of hydrogen-bond donors (Lipinski definition) is 1. The molecular formula is C18H23N3O2. The second-order valence-corrected chi connectivity index (χ2v) is 5.23. The molecule has 1 heterocycles. The van der Waals surface area contributed by atoms with E-state index < -0.39 is 0 Å². The summed E-state index contributed by atoms with van der Waals surface area (Å²) in [4.78, 5) is 18.9. The zero-order chi connectivity index (χ0) is 16.8. The monoisotopic (exact) mass is 313 g/mol. The number of benzene rings is 1. The lowest BCUT2D eigenvalue weighted by Crippen LogP contribution is -2.23. The summed E-state index contributed by atoms with van der Waals surface area (Å²) < 4.78 is 5.29. The summed E-state index contributed by atoms with van der Waals surface area (Å²) >= 11 is 0. The number of pyridine rings is 1. The van der Waals surface area contributed by atoms with Gasteiger partial charge in [-0.15, -0.1) is 0 Å². The first-order valence-corrected chi connectivity index (χ1v) is 7.76. The first-order chi connectivity index (χ1) is 11.1. The van der Waals surface area contributed by atoms with E-state index in [1.54, 1.807) is 13.3 Å². The lowest BCUT2D eigenvalue weighted by Gasteiger charge is -2.21. The molecule has 0 saturated heterocycles. The van der Waals surface area contributed by atoms with Crippen LogP contribution in [0.1, 0.15) is 29.9 Å². The molecule has 1 amide bonds. The van der Waals surface area contributed by atoms with Crippen molar-refractivity contribution >= 4 is 17.3 Å². The molecule has 0 aliphatic carbocycles. The van der Waals surface area contributed by atoms with Crippen LogP contribution in [0.4, 0.5) is 11.4 Å². The van der Waals surface area contributed by atoms with E-state index in [4.69, 9.17) is 4.74 Å². The smallest absolute Gasteiger partial charge is 0.274 e. The molecule has 0 aliphatic rings. The molecule has 0 saturated carbocycles. The second kappa shape index (κ2) is 7.63. The first-order valence-electron chi connectivity index (χ1n) is 7.76. The van der Waals surface area contributed by atoms with Crippen molar-refractivity contribution in [1.29, 1.82) is 0 Å². The molecule has 5 heteroatoms. The van der Waals surface area contributed by atoms with Crippen molar-refractivity contribution in [3.63, 3.8) is 0 Å².